The molecule has 16 heavy (non-hydrogen) atoms. The first-order chi connectivity index (χ1) is 7.81. The van der Waals surface area contributed by atoms with Gasteiger partial charge in [-0.15, -0.1) is 0 Å². The highest BCUT2D eigenvalue weighted by atomic mass is 16.5. The topological polar surface area (TPSA) is 35.2 Å². The molecule has 0 aliphatic heterocycles. The van der Waals surface area contributed by atoms with Crippen molar-refractivity contribution >= 4 is 10.8 Å². The van der Waals surface area contributed by atoms with Gasteiger partial charge in [0.25, 0.3) is 0 Å². The Morgan fingerprint density at radius 3 is 2.69 bits per heavy atom. The first-order valence-corrected chi connectivity index (χ1v) is 5.52. The van der Waals surface area contributed by atoms with Gasteiger partial charge >= 0.3 is 0 Å². The van der Waals surface area contributed by atoms with Gasteiger partial charge in [-0.1, -0.05) is 42.5 Å². The SMILES string of the molecule is COCC(N)Cc1cccc2ccccc12. The summed E-state index contributed by atoms with van der Waals surface area (Å²) in [6, 6.07) is 14.8. The van der Waals surface area contributed by atoms with E-state index in [0.29, 0.717) is 6.61 Å². The Bertz CT molecular complexity index is 462. The van der Waals surface area contributed by atoms with Crippen LogP contribution in [0.15, 0.2) is 42.5 Å². The smallest absolute Gasteiger partial charge is 0.0616 e. The summed E-state index contributed by atoms with van der Waals surface area (Å²) < 4.78 is 5.06. The molecular weight excluding hydrogens is 198 g/mol. The van der Waals surface area contributed by atoms with Crippen molar-refractivity contribution in [3.63, 3.8) is 0 Å². The Balaban J connectivity index is 2.30. The number of hydrogen-bond donors (Lipinski definition) is 1. The summed E-state index contributed by atoms with van der Waals surface area (Å²) in [6.07, 6.45) is 0.856. The van der Waals surface area contributed by atoms with E-state index in [1.807, 2.05) is 0 Å². The molecule has 1 unspecified atom stereocenters. The Kier molecular flexibility index (Phi) is 3.54. The van der Waals surface area contributed by atoms with Gasteiger partial charge < -0.3 is 10.5 Å². The largest absolute Gasteiger partial charge is 0.383 e. The summed E-state index contributed by atoms with van der Waals surface area (Å²) in [7, 11) is 1.68. The number of fused-ring (bicyclic) bond motifs is 1. The van der Waals surface area contributed by atoms with E-state index in [0.717, 1.165) is 6.42 Å². The molecule has 2 aromatic carbocycles. The van der Waals surface area contributed by atoms with E-state index in [1.165, 1.54) is 16.3 Å². The number of nitrogens with two attached hydrogens (primary N) is 1. The summed E-state index contributed by atoms with van der Waals surface area (Å²) in [5.74, 6) is 0. The molecule has 0 radical (unpaired) electrons. The summed E-state index contributed by atoms with van der Waals surface area (Å²) in [4.78, 5) is 0. The van der Waals surface area contributed by atoms with Gasteiger partial charge in [0.2, 0.25) is 0 Å². The van der Waals surface area contributed by atoms with Crippen molar-refractivity contribution in [2.24, 2.45) is 5.73 Å². The molecule has 0 aliphatic rings. The molecule has 0 bridgehead atoms. The first-order valence-electron chi connectivity index (χ1n) is 5.52. The van der Waals surface area contributed by atoms with Crippen molar-refractivity contribution < 1.29 is 4.74 Å². The molecular formula is C14H17NO. The van der Waals surface area contributed by atoms with Crippen molar-refractivity contribution in [1.82, 2.24) is 0 Å². The lowest BCUT2D eigenvalue weighted by molar-refractivity contribution is 0.180. The molecule has 84 valence electrons. The minimum absolute atomic E-state index is 0.0656. The molecule has 0 amide bonds. The number of methoxy groups -OCH3 is 1. The second-order valence-electron chi connectivity index (χ2n) is 4.06. The predicted molar refractivity (Wildman–Crippen MR) is 67.5 cm³/mol. The van der Waals surface area contributed by atoms with Gasteiger partial charge in [-0.05, 0) is 22.8 Å². The zero-order chi connectivity index (χ0) is 11.4. The van der Waals surface area contributed by atoms with Crippen molar-refractivity contribution in [1.29, 1.82) is 0 Å². The van der Waals surface area contributed by atoms with Crippen LogP contribution in [0.25, 0.3) is 10.8 Å². The normalized spacial score (nSPS) is 12.9. The van der Waals surface area contributed by atoms with Crippen molar-refractivity contribution in [2.75, 3.05) is 13.7 Å². The van der Waals surface area contributed by atoms with Crippen molar-refractivity contribution in [3.8, 4) is 0 Å². The molecule has 2 rings (SSSR count). The van der Waals surface area contributed by atoms with Crippen LogP contribution in [0.2, 0.25) is 0 Å². The van der Waals surface area contributed by atoms with E-state index in [4.69, 9.17) is 10.5 Å². The highest BCUT2D eigenvalue weighted by Gasteiger charge is 2.06. The van der Waals surface area contributed by atoms with Gasteiger partial charge in [-0.3, -0.25) is 0 Å². The van der Waals surface area contributed by atoms with Crippen LogP contribution in [0.3, 0.4) is 0 Å². The fourth-order valence-corrected chi connectivity index (χ4v) is 2.03. The van der Waals surface area contributed by atoms with Crippen LogP contribution in [-0.4, -0.2) is 19.8 Å². The van der Waals surface area contributed by atoms with Crippen molar-refractivity contribution in [3.05, 3.63) is 48.0 Å². The molecule has 2 nitrogen and oxygen atoms in total. The van der Waals surface area contributed by atoms with Gasteiger partial charge in [-0.25, -0.2) is 0 Å². The van der Waals surface area contributed by atoms with Crippen molar-refractivity contribution in [2.45, 2.75) is 12.5 Å². The molecule has 0 saturated heterocycles. The zero-order valence-corrected chi connectivity index (χ0v) is 9.52. The quantitative estimate of drug-likeness (QED) is 0.849. The molecule has 0 aliphatic carbocycles. The third kappa shape index (κ3) is 2.40. The van der Waals surface area contributed by atoms with Crippen LogP contribution in [0.4, 0.5) is 0 Å². The average Bonchev–Trinajstić information content (AvgIpc) is 2.30. The average molecular weight is 215 g/mol. The minimum Gasteiger partial charge on any atom is -0.383 e. The van der Waals surface area contributed by atoms with E-state index in [9.17, 15) is 0 Å². The lowest BCUT2D eigenvalue weighted by atomic mass is 9.99. The fourth-order valence-electron chi connectivity index (χ4n) is 2.03. The molecule has 1 atom stereocenters. The van der Waals surface area contributed by atoms with Crippen LogP contribution in [0.5, 0.6) is 0 Å². The molecule has 0 fully saturated rings. The lowest BCUT2D eigenvalue weighted by Gasteiger charge is -2.12. The molecule has 2 heteroatoms. The third-order valence-electron chi connectivity index (χ3n) is 2.74. The summed E-state index contributed by atoms with van der Waals surface area (Å²) in [5.41, 5.74) is 7.28. The number of benzene rings is 2. The van der Waals surface area contributed by atoms with Crippen LogP contribution in [-0.2, 0) is 11.2 Å². The van der Waals surface area contributed by atoms with E-state index in [1.54, 1.807) is 7.11 Å². The molecule has 0 heterocycles. The van der Waals surface area contributed by atoms with Gasteiger partial charge in [0, 0.05) is 13.2 Å². The van der Waals surface area contributed by atoms with Gasteiger partial charge in [0.05, 0.1) is 6.61 Å². The molecule has 2 N–H and O–H groups in total. The van der Waals surface area contributed by atoms with Crippen LogP contribution in [0.1, 0.15) is 5.56 Å². The second-order valence-corrected chi connectivity index (χ2v) is 4.06. The molecule has 0 spiro atoms. The van der Waals surface area contributed by atoms with E-state index in [2.05, 4.69) is 42.5 Å². The molecule has 2 aromatic rings. The summed E-state index contributed by atoms with van der Waals surface area (Å²) in [5, 5.41) is 2.56. The Hall–Kier alpha value is -1.38. The standard InChI is InChI=1S/C14H17NO/c1-16-10-13(15)9-12-7-4-6-11-5-2-3-8-14(11)12/h2-8,13H,9-10,15H2,1H3. The number of rotatable bonds is 4. The number of hydrogen-bond acceptors (Lipinski definition) is 2. The Labute approximate surface area is 96.0 Å². The van der Waals surface area contributed by atoms with Gasteiger partial charge in [-0.2, -0.15) is 0 Å². The maximum absolute atomic E-state index is 5.98. The zero-order valence-electron chi connectivity index (χ0n) is 9.52. The third-order valence-corrected chi connectivity index (χ3v) is 2.74. The lowest BCUT2D eigenvalue weighted by Crippen LogP contribution is -2.28. The van der Waals surface area contributed by atoms with Crippen LogP contribution in [0, 0.1) is 0 Å². The molecule has 0 aromatic heterocycles. The van der Waals surface area contributed by atoms with Crippen LogP contribution >= 0.6 is 0 Å². The highest BCUT2D eigenvalue weighted by molar-refractivity contribution is 5.85. The predicted octanol–water partition coefficient (Wildman–Crippen LogP) is 2.36. The minimum atomic E-state index is 0.0656. The first kappa shape index (κ1) is 11.1. The maximum Gasteiger partial charge on any atom is 0.0616 e. The second kappa shape index (κ2) is 5.10. The van der Waals surface area contributed by atoms with Gasteiger partial charge in [0.15, 0.2) is 0 Å². The van der Waals surface area contributed by atoms with Gasteiger partial charge in [0.1, 0.15) is 0 Å². The molecule has 0 saturated carbocycles. The summed E-state index contributed by atoms with van der Waals surface area (Å²) >= 11 is 0. The fraction of sp³-hybridized carbons (Fsp3) is 0.286. The van der Waals surface area contributed by atoms with Crippen LogP contribution < -0.4 is 5.73 Å². The summed E-state index contributed by atoms with van der Waals surface area (Å²) in [6.45, 7) is 0.600. The van der Waals surface area contributed by atoms with E-state index in [-0.39, 0.29) is 6.04 Å². The number of ether oxygens (including phenoxy) is 1. The maximum atomic E-state index is 5.98. The highest BCUT2D eigenvalue weighted by Crippen LogP contribution is 2.19. The Morgan fingerprint density at radius 2 is 1.88 bits per heavy atom. The Morgan fingerprint density at radius 1 is 1.12 bits per heavy atom. The van der Waals surface area contributed by atoms with E-state index < -0.39 is 0 Å². The monoisotopic (exact) mass is 215 g/mol. The van der Waals surface area contributed by atoms with E-state index >= 15 is 0 Å².